The lowest BCUT2D eigenvalue weighted by Crippen LogP contribution is -2.33. The highest BCUT2D eigenvalue weighted by Crippen LogP contribution is 1.92. The van der Waals surface area contributed by atoms with Crippen molar-refractivity contribution in [2.24, 2.45) is 5.73 Å². The van der Waals surface area contributed by atoms with E-state index in [1.165, 1.54) is 6.92 Å². The molecule has 0 spiro atoms. The molecule has 0 fully saturated rings. The third kappa shape index (κ3) is 5.31. The van der Waals surface area contributed by atoms with Gasteiger partial charge < -0.3 is 16.2 Å². The Bertz CT molecular complexity index is 246. The van der Waals surface area contributed by atoms with Crippen LogP contribution in [0.2, 0.25) is 0 Å². The maximum atomic E-state index is 10.8. The van der Waals surface area contributed by atoms with Crippen molar-refractivity contribution in [3.63, 3.8) is 0 Å². The molecule has 5 nitrogen and oxygen atoms in total. The molecule has 0 aliphatic rings. The fourth-order valence-corrected chi connectivity index (χ4v) is 0.732. The second-order valence-corrected chi connectivity index (χ2v) is 3.01. The first kappa shape index (κ1) is 12.6. The Hall–Kier alpha value is -1.36. The van der Waals surface area contributed by atoms with Crippen LogP contribution in [0, 0.1) is 0 Å². The van der Waals surface area contributed by atoms with Crippen LogP contribution in [0.5, 0.6) is 0 Å². The molecule has 4 N–H and O–H groups in total. The molecule has 14 heavy (non-hydrogen) atoms. The predicted octanol–water partition coefficient (Wildman–Crippen LogP) is -0.695. The summed E-state index contributed by atoms with van der Waals surface area (Å²) in [5.74, 6) is -0.887. The largest absolute Gasteiger partial charge is 0.384 e. The van der Waals surface area contributed by atoms with Gasteiger partial charge in [0.25, 0.3) is 0 Å². The zero-order chi connectivity index (χ0) is 11.1. The van der Waals surface area contributed by atoms with Crippen LogP contribution in [-0.4, -0.2) is 29.6 Å². The van der Waals surface area contributed by atoms with Gasteiger partial charge in [0.1, 0.15) is 6.10 Å². The predicted molar refractivity (Wildman–Crippen MR) is 52.3 cm³/mol. The average Bonchev–Trinajstić information content (AvgIpc) is 2.11. The van der Waals surface area contributed by atoms with Gasteiger partial charge in [0.2, 0.25) is 11.8 Å². The van der Waals surface area contributed by atoms with Crippen molar-refractivity contribution >= 4 is 11.8 Å². The lowest BCUT2D eigenvalue weighted by atomic mass is 10.2. The normalized spacial score (nSPS) is 13.5. The van der Waals surface area contributed by atoms with Crippen molar-refractivity contribution in [3.8, 4) is 0 Å². The van der Waals surface area contributed by atoms with E-state index >= 15 is 0 Å². The SMILES string of the molecule is CC(=CCCNC(=O)C(C)O)C(N)=O. The molecule has 0 aromatic heterocycles. The van der Waals surface area contributed by atoms with Crippen LogP contribution < -0.4 is 11.1 Å². The summed E-state index contributed by atoms with van der Waals surface area (Å²) in [4.78, 5) is 21.4. The van der Waals surface area contributed by atoms with E-state index in [0.717, 1.165) is 0 Å². The van der Waals surface area contributed by atoms with Crippen molar-refractivity contribution < 1.29 is 14.7 Å². The molecule has 0 aromatic carbocycles. The summed E-state index contributed by atoms with van der Waals surface area (Å²) in [6, 6.07) is 0. The lowest BCUT2D eigenvalue weighted by molar-refractivity contribution is -0.128. The minimum absolute atomic E-state index is 0.383. The van der Waals surface area contributed by atoms with Crippen molar-refractivity contribution in [2.45, 2.75) is 26.4 Å². The van der Waals surface area contributed by atoms with Crippen LogP contribution in [-0.2, 0) is 9.59 Å². The van der Waals surface area contributed by atoms with Gasteiger partial charge in [0.15, 0.2) is 0 Å². The Morgan fingerprint density at radius 3 is 2.57 bits per heavy atom. The molecule has 0 aliphatic carbocycles. The molecule has 2 amide bonds. The number of amides is 2. The third-order valence-electron chi connectivity index (χ3n) is 1.66. The highest BCUT2D eigenvalue weighted by molar-refractivity contribution is 5.91. The summed E-state index contributed by atoms with van der Waals surface area (Å²) in [5.41, 5.74) is 5.46. The summed E-state index contributed by atoms with van der Waals surface area (Å²) in [5, 5.41) is 11.3. The number of primary amides is 1. The third-order valence-corrected chi connectivity index (χ3v) is 1.66. The first-order valence-electron chi connectivity index (χ1n) is 4.37. The van der Waals surface area contributed by atoms with Crippen LogP contribution >= 0.6 is 0 Å². The Labute approximate surface area is 83.0 Å². The number of hydrogen-bond donors (Lipinski definition) is 3. The smallest absolute Gasteiger partial charge is 0.248 e. The first-order valence-corrected chi connectivity index (χ1v) is 4.37. The van der Waals surface area contributed by atoms with Crippen LogP contribution in [0.3, 0.4) is 0 Å². The zero-order valence-electron chi connectivity index (χ0n) is 8.41. The Morgan fingerprint density at radius 2 is 2.14 bits per heavy atom. The van der Waals surface area contributed by atoms with Crippen molar-refractivity contribution in [2.75, 3.05) is 6.54 Å². The molecule has 0 aromatic rings. The van der Waals surface area contributed by atoms with Crippen LogP contribution in [0.1, 0.15) is 20.3 Å². The van der Waals surface area contributed by atoms with Gasteiger partial charge in [-0.1, -0.05) is 6.08 Å². The molecule has 80 valence electrons. The van der Waals surface area contributed by atoms with E-state index in [9.17, 15) is 9.59 Å². The maximum Gasteiger partial charge on any atom is 0.248 e. The number of nitrogens with two attached hydrogens (primary N) is 1. The molecule has 5 heteroatoms. The fourth-order valence-electron chi connectivity index (χ4n) is 0.732. The van der Waals surface area contributed by atoms with Gasteiger partial charge in [-0.25, -0.2) is 0 Å². The van der Waals surface area contributed by atoms with Gasteiger partial charge in [-0.2, -0.15) is 0 Å². The average molecular weight is 200 g/mol. The van der Waals surface area contributed by atoms with E-state index in [1.807, 2.05) is 0 Å². The molecule has 0 aliphatic heterocycles. The van der Waals surface area contributed by atoms with E-state index in [-0.39, 0.29) is 0 Å². The van der Waals surface area contributed by atoms with Crippen LogP contribution in [0.4, 0.5) is 0 Å². The molecule has 0 saturated heterocycles. The molecule has 1 unspecified atom stereocenters. The van der Waals surface area contributed by atoms with Crippen molar-refractivity contribution in [1.29, 1.82) is 0 Å². The minimum Gasteiger partial charge on any atom is -0.384 e. The quantitative estimate of drug-likeness (QED) is 0.405. The zero-order valence-corrected chi connectivity index (χ0v) is 8.41. The molecule has 1 atom stereocenters. The van der Waals surface area contributed by atoms with Crippen LogP contribution in [0.25, 0.3) is 0 Å². The second-order valence-electron chi connectivity index (χ2n) is 3.01. The van der Waals surface area contributed by atoms with E-state index < -0.39 is 17.9 Å². The Morgan fingerprint density at radius 1 is 1.57 bits per heavy atom. The first-order chi connectivity index (χ1) is 6.45. The Kier molecular flexibility index (Phi) is 5.55. The van der Waals surface area contributed by atoms with Crippen LogP contribution in [0.15, 0.2) is 11.6 Å². The van der Waals surface area contributed by atoms with Gasteiger partial charge in [0, 0.05) is 12.1 Å². The molecular weight excluding hydrogens is 184 g/mol. The molecule has 0 heterocycles. The summed E-state index contributed by atoms with van der Waals surface area (Å²) in [7, 11) is 0. The molecule has 0 rings (SSSR count). The van der Waals surface area contributed by atoms with Crippen molar-refractivity contribution in [3.05, 3.63) is 11.6 Å². The highest BCUT2D eigenvalue weighted by Gasteiger charge is 2.06. The van der Waals surface area contributed by atoms with E-state index in [0.29, 0.717) is 18.5 Å². The number of hydrogen-bond acceptors (Lipinski definition) is 3. The summed E-state index contributed by atoms with van der Waals surface area (Å²) < 4.78 is 0. The summed E-state index contributed by atoms with van der Waals surface area (Å²) >= 11 is 0. The number of carbonyl (C=O) groups excluding carboxylic acids is 2. The topological polar surface area (TPSA) is 92.4 Å². The number of nitrogens with one attached hydrogen (secondary N) is 1. The number of carbonyl (C=O) groups is 2. The van der Waals surface area contributed by atoms with E-state index in [1.54, 1.807) is 13.0 Å². The molecule has 0 saturated carbocycles. The number of aliphatic hydroxyl groups excluding tert-OH is 1. The highest BCUT2D eigenvalue weighted by atomic mass is 16.3. The standard InChI is InChI=1S/C9H16N2O3/c1-6(8(10)13)4-3-5-11-9(14)7(2)12/h4,7,12H,3,5H2,1-2H3,(H2,10,13)(H,11,14). The van der Waals surface area contributed by atoms with Gasteiger partial charge >= 0.3 is 0 Å². The molecular formula is C9H16N2O3. The van der Waals surface area contributed by atoms with E-state index in [4.69, 9.17) is 10.8 Å². The van der Waals surface area contributed by atoms with Gasteiger partial charge in [-0.05, 0) is 20.3 Å². The minimum atomic E-state index is -1.00. The fraction of sp³-hybridized carbons (Fsp3) is 0.556. The summed E-state index contributed by atoms with van der Waals surface area (Å²) in [6.07, 6.45) is 1.16. The monoisotopic (exact) mass is 200 g/mol. The van der Waals surface area contributed by atoms with E-state index in [2.05, 4.69) is 5.32 Å². The van der Waals surface area contributed by atoms with Gasteiger partial charge in [-0.3, -0.25) is 9.59 Å². The molecule has 0 radical (unpaired) electrons. The van der Waals surface area contributed by atoms with Crippen molar-refractivity contribution in [1.82, 2.24) is 5.32 Å². The summed E-state index contributed by atoms with van der Waals surface area (Å²) in [6.45, 7) is 3.38. The number of aliphatic hydroxyl groups is 1. The molecule has 0 bridgehead atoms. The Balaban J connectivity index is 3.71. The van der Waals surface area contributed by atoms with Gasteiger partial charge in [0.05, 0.1) is 0 Å². The maximum absolute atomic E-state index is 10.8. The van der Waals surface area contributed by atoms with Gasteiger partial charge in [-0.15, -0.1) is 0 Å². The lowest BCUT2D eigenvalue weighted by Gasteiger charge is -2.04. The second kappa shape index (κ2) is 6.15. The number of rotatable bonds is 5.